The third-order valence-electron chi connectivity index (χ3n) is 2.43. The molecule has 1 aliphatic carbocycles. The van der Waals surface area contributed by atoms with Gasteiger partial charge in [0.15, 0.2) is 0 Å². The summed E-state index contributed by atoms with van der Waals surface area (Å²) in [5, 5.41) is 12.5. The van der Waals surface area contributed by atoms with E-state index in [4.69, 9.17) is 0 Å². The Hall–Kier alpha value is -0.0800. The highest BCUT2D eigenvalue weighted by molar-refractivity contribution is 4.92. The fourth-order valence-electron chi connectivity index (χ4n) is 1.72. The summed E-state index contributed by atoms with van der Waals surface area (Å²) in [5.74, 6) is 1.76. The van der Waals surface area contributed by atoms with Gasteiger partial charge in [0.1, 0.15) is 0 Å². The molecule has 3 atom stereocenters. The van der Waals surface area contributed by atoms with Crippen molar-refractivity contribution in [2.75, 3.05) is 13.1 Å². The lowest BCUT2D eigenvalue weighted by atomic mass is 10.2. The van der Waals surface area contributed by atoms with E-state index in [0.29, 0.717) is 0 Å². The molecule has 0 spiro atoms. The number of aliphatic hydroxyl groups is 1. The average Bonchev–Trinajstić information content (AvgIpc) is 2.43. The Morgan fingerprint density at radius 1 is 1.11 bits per heavy atom. The van der Waals surface area contributed by atoms with Crippen LogP contribution in [-0.4, -0.2) is 24.3 Å². The summed E-state index contributed by atoms with van der Waals surface area (Å²) in [6, 6.07) is 0. The van der Waals surface area contributed by atoms with Gasteiger partial charge in [-0.2, -0.15) is 0 Å². The second kappa shape index (κ2) is 1.96. The lowest BCUT2D eigenvalue weighted by molar-refractivity contribution is 0.161. The van der Waals surface area contributed by atoms with E-state index in [9.17, 15) is 5.11 Å². The molecule has 2 heteroatoms. The van der Waals surface area contributed by atoms with Gasteiger partial charge in [-0.05, 0) is 31.2 Å². The Kier molecular flexibility index (Phi) is 1.24. The number of β-amino-alcohol motifs (C(OH)–C–C–N with tert-alkyl or cyclic N) is 1. The van der Waals surface area contributed by atoms with Crippen LogP contribution in [0.15, 0.2) is 0 Å². The van der Waals surface area contributed by atoms with Gasteiger partial charge in [0.05, 0.1) is 6.10 Å². The van der Waals surface area contributed by atoms with Gasteiger partial charge in [0, 0.05) is 6.54 Å². The van der Waals surface area contributed by atoms with E-state index < -0.39 is 0 Å². The number of hydrogen-bond acceptors (Lipinski definition) is 2. The minimum Gasteiger partial charge on any atom is -0.392 e. The molecular formula is C7H13NO. The third kappa shape index (κ3) is 1.10. The fourth-order valence-corrected chi connectivity index (χ4v) is 1.72. The smallest absolute Gasteiger partial charge is 0.0667 e. The molecule has 2 fully saturated rings. The van der Waals surface area contributed by atoms with Gasteiger partial charge in [-0.25, -0.2) is 0 Å². The van der Waals surface area contributed by atoms with Crippen LogP contribution < -0.4 is 5.32 Å². The Morgan fingerprint density at radius 2 is 2.00 bits per heavy atom. The topological polar surface area (TPSA) is 32.3 Å². The monoisotopic (exact) mass is 127 g/mol. The van der Waals surface area contributed by atoms with Crippen LogP contribution in [0, 0.1) is 11.8 Å². The van der Waals surface area contributed by atoms with E-state index in [0.717, 1.165) is 31.3 Å². The van der Waals surface area contributed by atoms with Crippen molar-refractivity contribution in [3.63, 3.8) is 0 Å². The normalized spacial score (nSPS) is 49.7. The first kappa shape index (κ1) is 5.69. The molecule has 0 radical (unpaired) electrons. The van der Waals surface area contributed by atoms with Crippen molar-refractivity contribution in [3.8, 4) is 0 Å². The maximum Gasteiger partial charge on any atom is 0.0667 e. The van der Waals surface area contributed by atoms with Gasteiger partial charge < -0.3 is 10.4 Å². The Bertz CT molecular complexity index is 115. The molecule has 1 saturated heterocycles. The number of aliphatic hydroxyl groups excluding tert-OH is 1. The number of hydrogen-bond donors (Lipinski definition) is 2. The molecule has 2 N–H and O–H groups in total. The van der Waals surface area contributed by atoms with Gasteiger partial charge >= 0.3 is 0 Å². The molecule has 2 nitrogen and oxygen atoms in total. The minimum absolute atomic E-state index is 0.0671. The highest BCUT2D eigenvalue weighted by Gasteiger charge is 2.39. The summed E-state index contributed by atoms with van der Waals surface area (Å²) >= 11 is 0. The van der Waals surface area contributed by atoms with E-state index in [1.807, 2.05) is 0 Å². The number of rotatable bonds is 0. The SMILES string of the molecule is OC1CNCC2CC2C1. The first-order valence-electron chi connectivity index (χ1n) is 3.75. The van der Waals surface area contributed by atoms with Crippen LogP contribution in [0.3, 0.4) is 0 Å². The van der Waals surface area contributed by atoms with Crippen molar-refractivity contribution in [2.24, 2.45) is 11.8 Å². The van der Waals surface area contributed by atoms with E-state index in [1.165, 1.54) is 6.42 Å². The summed E-state index contributed by atoms with van der Waals surface area (Å²) in [7, 11) is 0. The zero-order valence-electron chi connectivity index (χ0n) is 5.51. The third-order valence-corrected chi connectivity index (χ3v) is 2.43. The van der Waals surface area contributed by atoms with Crippen LogP contribution in [0.5, 0.6) is 0 Å². The predicted octanol–water partition coefficient (Wildman–Crippen LogP) is -0.0233. The van der Waals surface area contributed by atoms with Crippen LogP contribution >= 0.6 is 0 Å². The van der Waals surface area contributed by atoms with Gasteiger partial charge in [-0.3, -0.25) is 0 Å². The fraction of sp³-hybridized carbons (Fsp3) is 1.00. The summed E-state index contributed by atoms with van der Waals surface area (Å²) in [4.78, 5) is 0. The molecule has 0 aromatic rings. The summed E-state index contributed by atoms with van der Waals surface area (Å²) < 4.78 is 0. The van der Waals surface area contributed by atoms with Crippen LogP contribution in [0.1, 0.15) is 12.8 Å². The molecule has 3 unspecified atom stereocenters. The van der Waals surface area contributed by atoms with Gasteiger partial charge in [0.25, 0.3) is 0 Å². The van der Waals surface area contributed by atoms with Gasteiger partial charge in [0.2, 0.25) is 0 Å². The second-order valence-electron chi connectivity index (χ2n) is 3.30. The molecule has 0 amide bonds. The van der Waals surface area contributed by atoms with E-state index in [1.54, 1.807) is 0 Å². The first-order chi connectivity index (χ1) is 4.36. The van der Waals surface area contributed by atoms with Crippen LogP contribution in [0.2, 0.25) is 0 Å². The molecule has 0 bridgehead atoms. The molecule has 2 rings (SSSR count). The summed E-state index contributed by atoms with van der Waals surface area (Å²) in [5.41, 5.74) is 0. The number of fused-ring (bicyclic) bond motifs is 1. The Balaban J connectivity index is 1.92. The molecule has 0 aromatic carbocycles. The average molecular weight is 127 g/mol. The second-order valence-corrected chi connectivity index (χ2v) is 3.30. The standard InChI is InChI=1S/C7H13NO/c9-7-2-5-1-6(5)3-8-4-7/h5-9H,1-4H2. The van der Waals surface area contributed by atoms with E-state index in [2.05, 4.69) is 5.32 Å². The van der Waals surface area contributed by atoms with Gasteiger partial charge in [-0.1, -0.05) is 0 Å². The van der Waals surface area contributed by atoms with Crippen molar-refractivity contribution in [1.82, 2.24) is 5.32 Å². The molecule has 1 heterocycles. The van der Waals surface area contributed by atoms with Crippen molar-refractivity contribution >= 4 is 0 Å². The molecule has 1 saturated carbocycles. The van der Waals surface area contributed by atoms with E-state index >= 15 is 0 Å². The highest BCUT2D eigenvalue weighted by Crippen LogP contribution is 2.42. The van der Waals surface area contributed by atoms with Crippen LogP contribution in [-0.2, 0) is 0 Å². The van der Waals surface area contributed by atoms with Crippen molar-refractivity contribution in [2.45, 2.75) is 18.9 Å². The quantitative estimate of drug-likeness (QED) is 0.479. The summed E-state index contributed by atoms with van der Waals surface area (Å²) in [6.07, 6.45) is 2.32. The molecular weight excluding hydrogens is 114 g/mol. The maximum atomic E-state index is 9.22. The van der Waals surface area contributed by atoms with Gasteiger partial charge in [-0.15, -0.1) is 0 Å². The Labute approximate surface area is 55.3 Å². The Morgan fingerprint density at radius 3 is 2.89 bits per heavy atom. The van der Waals surface area contributed by atoms with Crippen molar-refractivity contribution in [1.29, 1.82) is 0 Å². The zero-order chi connectivity index (χ0) is 6.27. The largest absolute Gasteiger partial charge is 0.392 e. The highest BCUT2D eigenvalue weighted by atomic mass is 16.3. The summed E-state index contributed by atoms with van der Waals surface area (Å²) in [6.45, 7) is 1.95. The number of nitrogens with one attached hydrogen (secondary N) is 1. The van der Waals surface area contributed by atoms with Crippen molar-refractivity contribution < 1.29 is 5.11 Å². The molecule has 9 heavy (non-hydrogen) atoms. The lowest BCUT2D eigenvalue weighted by Crippen LogP contribution is -2.25. The molecule has 52 valence electrons. The maximum absolute atomic E-state index is 9.22. The molecule has 0 aromatic heterocycles. The zero-order valence-corrected chi connectivity index (χ0v) is 5.51. The van der Waals surface area contributed by atoms with E-state index in [-0.39, 0.29) is 6.10 Å². The van der Waals surface area contributed by atoms with Crippen LogP contribution in [0.4, 0.5) is 0 Å². The molecule has 2 aliphatic rings. The first-order valence-corrected chi connectivity index (χ1v) is 3.75. The van der Waals surface area contributed by atoms with Crippen LogP contribution in [0.25, 0.3) is 0 Å². The lowest BCUT2D eigenvalue weighted by Gasteiger charge is -2.05. The molecule has 1 aliphatic heterocycles. The van der Waals surface area contributed by atoms with Crippen molar-refractivity contribution in [3.05, 3.63) is 0 Å². The minimum atomic E-state index is -0.0671. The predicted molar refractivity (Wildman–Crippen MR) is 35.1 cm³/mol.